The zero-order valence-corrected chi connectivity index (χ0v) is 13.3. The fourth-order valence-electron chi connectivity index (χ4n) is 2.04. The number of nitro benzene ring substituents is 1. The van der Waals surface area contributed by atoms with Gasteiger partial charge in [-0.1, -0.05) is 11.6 Å². The van der Waals surface area contributed by atoms with Crippen LogP contribution in [0.4, 0.5) is 11.4 Å². The highest BCUT2D eigenvalue weighted by Gasteiger charge is 2.08. The summed E-state index contributed by atoms with van der Waals surface area (Å²) < 4.78 is 0. The maximum absolute atomic E-state index is 11.9. The number of hydrogen-bond donors (Lipinski definition) is 2. The van der Waals surface area contributed by atoms with Crippen molar-refractivity contribution in [2.75, 3.05) is 18.4 Å². The molecule has 0 unspecified atom stereocenters. The quantitative estimate of drug-likeness (QED) is 0.482. The average Bonchev–Trinajstić information content (AvgIpc) is 2.53. The monoisotopic (exact) mass is 333 g/mol. The molecule has 0 aliphatic rings. The van der Waals surface area contributed by atoms with Gasteiger partial charge >= 0.3 is 0 Å². The number of amides is 1. The van der Waals surface area contributed by atoms with E-state index in [0.29, 0.717) is 23.7 Å². The summed E-state index contributed by atoms with van der Waals surface area (Å²) in [4.78, 5) is 22.2. The van der Waals surface area contributed by atoms with Crippen LogP contribution in [0.25, 0.3) is 0 Å². The molecular weight excluding hydrogens is 318 g/mol. The van der Waals surface area contributed by atoms with Crippen molar-refractivity contribution in [1.29, 1.82) is 0 Å². The summed E-state index contributed by atoms with van der Waals surface area (Å²) in [7, 11) is 0. The number of nitrogens with zero attached hydrogens (tertiary/aromatic N) is 1. The highest BCUT2D eigenvalue weighted by Crippen LogP contribution is 2.20. The van der Waals surface area contributed by atoms with Crippen molar-refractivity contribution < 1.29 is 9.72 Å². The van der Waals surface area contributed by atoms with Crippen molar-refractivity contribution in [3.05, 3.63) is 68.7 Å². The molecule has 2 rings (SSSR count). The first kappa shape index (κ1) is 16.8. The molecule has 0 atom stereocenters. The van der Waals surface area contributed by atoms with E-state index in [1.54, 1.807) is 37.3 Å². The lowest BCUT2D eigenvalue weighted by Gasteiger charge is -2.10. The van der Waals surface area contributed by atoms with Crippen molar-refractivity contribution in [1.82, 2.24) is 5.32 Å². The van der Waals surface area contributed by atoms with Gasteiger partial charge in [0.25, 0.3) is 11.6 Å². The Morgan fingerprint density at radius 1 is 1.17 bits per heavy atom. The van der Waals surface area contributed by atoms with Gasteiger partial charge in [0.2, 0.25) is 0 Å². The van der Waals surface area contributed by atoms with Gasteiger partial charge in [-0.25, -0.2) is 0 Å². The van der Waals surface area contributed by atoms with Gasteiger partial charge in [0.15, 0.2) is 0 Å². The molecule has 6 nitrogen and oxygen atoms in total. The van der Waals surface area contributed by atoms with Crippen LogP contribution >= 0.6 is 11.6 Å². The lowest BCUT2D eigenvalue weighted by molar-refractivity contribution is -0.384. The molecule has 0 saturated carbocycles. The molecular formula is C16H16ClN3O3. The van der Waals surface area contributed by atoms with Crippen LogP contribution in [0.3, 0.4) is 0 Å². The molecule has 0 aliphatic carbocycles. The first-order valence-electron chi connectivity index (χ1n) is 7.00. The van der Waals surface area contributed by atoms with Crippen molar-refractivity contribution in [3.8, 4) is 0 Å². The first-order valence-corrected chi connectivity index (χ1v) is 7.38. The number of rotatable bonds is 6. The van der Waals surface area contributed by atoms with Crippen LogP contribution in [0.15, 0.2) is 42.5 Å². The third-order valence-electron chi connectivity index (χ3n) is 3.25. The number of benzene rings is 2. The molecule has 0 spiro atoms. The Balaban J connectivity index is 1.82. The van der Waals surface area contributed by atoms with Crippen LogP contribution in [0.1, 0.15) is 15.9 Å². The predicted octanol–water partition coefficient (Wildman–Crippen LogP) is 3.40. The van der Waals surface area contributed by atoms with Crippen LogP contribution in [0, 0.1) is 17.0 Å². The van der Waals surface area contributed by atoms with Crippen LogP contribution in [0.2, 0.25) is 5.02 Å². The molecule has 1 amide bonds. The third kappa shape index (κ3) is 4.69. The van der Waals surface area contributed by atoms with Gasteiger partial charge < -0.3 is 10.6 Å². The van der Waals surface area contributed by atoms with E-state index in [2.05, 4.69) is 10.6 Å². The SMILES string of the molecule is Cc1cc([N+](=O)[O-])ccc1NCCNC(=O)c1ccc(Cl)cc1. The number of non-ortho nitro benzene ring substituents is 1. The topological polar surface area (TPSA) is 84.3 Å². The Bertz CT molecular complexity index is 717. The molecule has 0 fully saturated rings. The van der Waals surface area contributed by atoms with Crippen LogP contribution in [0.5, 0.6) is 0 Å². The maximum atomic E-state index is 11.9. The van der Waals surface area contributed by atoms with Crippen LogP contribution in [-0.2, 0) is 0 Å². The van der Waals surface area contributed by atoms with Gasteiger partial charge in [0.05, 0.1) is 4.92 Å². The molecule has 2 N–H and O–H groups in total. The molecule has 2 aromatic rings. The minimum absolute atomic E-state index is 0.0593. The Morgan fingerprint density at radius 2 is 1.87 bits per heavy atom. The van der Waals surface area contributed by atoms with Gasteiger partial charge in [-0.15, -0.1) is 0 Å². The van der Waals surface area contributed by atoms with Crippen molar-refractivity contribution >= 4 is 28.9 Å². The number of carbonyl (C=O) groups excluding carboxylic acids is 1. The summed E-state index contributed by atoms with van der Waals surface area (Å²) in [6.07, 6.45) is 0. The number of anilines is 1. The van der Waals surface area contributed by atoms with E-state index in [9.17, 15) is 14.9 Å². The maximum Gasteiger partial charge on any atom is 0.269 e. The minimum atomic E-state index is -0.427. The fraction of sp³-hybridized carbons (Fsp3) is 0.188. The van der Waals surface area contributed by atoms with E-state index in [-0.39, 0.29) is 11.6 Å². The Labute approximate surface area is 138 Å². The fourth-order valence-corrected chi connectivity index (χ4v) is 2.16. The average molecular weight is 334 g/mol. The summed E-state index contributed by atoms with van der Waals surface area (Å²) in [5.74, 6) is -0.177. The van der Waals surface area contributed by atoms with Crippen LogP contribution < -0.4 is 10.6 Å². The predicted molar refractivity (Wildman–Crippen MR) is 90.1 cm³/mol. The van der Waals surface area contributed by atoms with Crippen molar-refractivity contribution in [2.45, 2.75) is 6.92 Å². The second-order valence-corrected chi connectivity index (χ2v) is 5.38. The number of carbonyl (C=O) groups is 1. The Kier molecular flexibility index (Phi) is 5.54. The molecule has 7 heteroatoms. The summed E-state index contributed by atoms with van der Waals surface area (Å²) in [5, 5.41) is 17.2. The molecule has 120 valence electrons. The second-order valence-electron chi connectivity index (χ2n) is 4.95. The van der Waals surface area contributed by atoms with Gasteiger partial charge in [0.1, 0.15) is 0 Å². The molecule has 23 heavy (non-hydrogen) atoms. The molecule has 0 aliphatic heterocycles. The highest BCUT2D eigenvalue weighted by atomic mass is 35.5. The number of nitrogens with one attached hydrogen (secondary N) is 2. The first-order chi connectivity index (χ1) is 11.0. The summed E-state index contributed by atoms with van der Waals surface area (Å²) in [6, 6.07) is 11.3. The van der Waals surface area contributed by atoms with E-state index in [1.165, 1.54) is 12.1 Å². The lowest BCUT2D eigenvalue weighted by atomic mass is 10.2. The van der Waals surface area contributed by atoms with Crippen molar-refractivity contribution in [3.63, 3.8) is 0 Å². The Hall–Kier alpha value is -2.60. The second kappa shape index (κ2) is 7.60. The van der Waals surface area contributed by atoms with Crippen LogP contribution in [-0.4, -0.2) is 23.9 Å². The summed E-state index contributed by atoms with van der Waals surface area (Å²) in [6.45, 7) is 2.73. The number of halogens is 1. The number of nitro groups is 1. The third-order valence-corrected chi connectivity index (χ3v) is 3.51. The van der Waals surface area contributed by atoms with E-state index in [0.717, 1.165) is 11.3 Å². The Morgan fingerprint density at radius 3 is 2.48 bits per heavy atom. The smallest absolute Gasteiger partial charge is 0.269 e. The zero-order valence-electron chi connectivity index (χ0n) is 12.5. The molecule has 0 bridgehead atoms. The van der Waals surface area contributed by atoms with Gasteiger partial charge in [0, 0.05) is 41.5 Å². The normalized spacial score (nSPS) is 10.2. The van der Waals surface area contributed by atoms with E-state index in [1.807, 2.05) is 0 Å². The molecule has 0 saturated heterocycles. The molecule has 0 heterocycles. The molecule has 2 aromatic carbocycles. The van der Waals surface area contributed by atoms with Gasteiger partial charge in [-0.3, -0.25) is 14.9 Å². The number of aryl methyl sites for hydroxylation is 1. The van der Waals surface area contributed by atoms with E-state index >= 15 is 0 Å². The van der Waals surface area contributed by atoms with E-state index in [4.69, 9.17) is 11.6 Å². The highest BCUT2D eigenvalue weighted by molar-refractivity contribution is 6.30. The molecule has 0 radical (unpaired) electrons. The summed E-state index contributed by atoms with van der Waals surface area (Å²) >= 11 is 5.77. The summed E-state index contributed by atoms with van der Waals surface area (Å²) in [5.41, 5.74) is 2.18. The largest absolute Gasteiger partial charge is 0.383 e. The number of hydrogen-bond acceptors (Lipinski definition) is 4. The van der Waals surface area contributed by atoms with Crippen molar-refractivity contribution in [2.24, 2.45) is 0 Å². The van der Waals surface area contributed by atoms with E-state index < -0.39 is 4.92 Å². The minimum Gasteiger partial charge on any atom is -0.383 e. The van der Waals surface area contributed by atoms with Gasteiger partial charge in [-0.05, 0) is 42.8 Å². The zero-order chi connectivity index (χ0) is 16.8. The standard InChI is InChI=1S/C16H16ClN3O3/c1-11-10-14(20(22)23)6-7-15(11)18-8-9-19-16(21)12-2-4-13(17)5-3-12/h2-7,10,18H,8-9H2,1H3,(H,19,21). The molecule has 0 aromatic heterocycles. The lowest BCUT2D eigenvalue weighted by Crippen LogP contribution is -2.28. The van der Waals surface area contributed by atoms with Gasteiger partial charge in [-0.2, -0.15) is 0 Å².